The summed E-state index contributed by atoms with van der Waals surface area (Å²) in [6.45, 7) is 3.59. The molecule has 0 saturated carbocycles. The van der Waals surface area contributed by atoms with Crippen molar-refractivity contribution in [3.05, 3.63) is 83.4 Å². The fourth-order valence-corrected chi connectivity index (χ4v) is 4.34. The van der Waals surface area contributed by atoms with Crippen molar-refractivity contribution in [2.75, 3.05) is 33.0 Å². The maximum atomic E-state index is 13.3. The lowest BCUT2D eigenvalue weighted by Crippen LogP contribution is -2.48. The van der Waals surface area contributed by atoms with Crippen molar-refractivity contribution in [2.24, 2.45) is 0 Å². The Morgan fingerprint density at radius 2 is 1.56 bits per heavy atom. The smallest absolute Gasteiger partial charge is 0.416 e. The minimum absolute atomic E-state index is 0.113. The van der Waals surface area contributed by atoms with Crippen LogP contribution >= 0.6 is 0 Å². The summed E-state index contributed by atoms with van der Waals surface area (Å²) in [7, 11) is 0. The number of fused-ring (bicyclic) bond motifs is 1. The first-order chi connectivity index (χ1) is 16.4. The number of ether oxygens (including phenoxy) is 2. The number of benzene rings is 3. The fourth-order valence-electron chi connectivity index (χ4n) is 4.34. The van der Waals surface area contributed by atoms with Gasteiger partial charge in [0.2, 0.25) is 6.79 Å². The third-order valence-corrected chi connectivity index (χ3v) is 6.18. The highest BCUT2D eigenvalue weighted by atomic mass is 19.4. The molecule has 0 spiro atoms. The van der Waals surface area contributed by atoms with Crippen molar-refractivity contribution in [3.8, 4) is 22.6 Å². The van der Waals surface area contributed by atoms with Crippen LogP contribution in [0.15, 0.2) is 66.7 Å². The van der Waals surface area contributed by atoms with Gasteiger partial charge in [-0.15, -0.1) is 0 Å². The Balaban J connectivity index is 1.25. The molecule has 0 bridgehead atoms. The molecule has 8 heteroatoms. The highest BCUT2D eigenvalue weighted by Crippen LogP contribution is 2.34. The Kier molecular flexibility index (Phi) is 5.91. The first kappa shape index (κ1) is 22.3. The van der Waals surface area contributed by atoms with E-state index in [1.165, 1.54) is 12.1 Å². The molecule has 0 aromatic heterocycles. The molecule has 3 aromatic carbocycles. The summed E-state index contributed by atoms with van der Waals surface area (Å²) in [4.78, 5) is 17.4. The average molecular weight is 468 g/mol. The minimum atomic E-state index is -4.39. The number of rotatable bonds is 4. The second-order valence-corrected chi connectivity index (χ2v) is 8.38. The Labute approximate surface area is 195 Å². The maximum absolute atomic E-state index is 13.3. The zero-order chi connectivity index (χ0) is 23.7. The SMILES string of the molecule is O=C(c1ccccc1-c1ccc(C(F)(F)F)cc1)N1CCN(Cc2ccc3c(c2)OCO3)CC1. The van der Waals surface area contributed by atoms with Crippen LogP contribution in [0, 0.1) is 0 Å². The van der Waals surface area contributed by atoms with Crippen molar-refractivity contribution in [1.29, 1.82) is 0 Å². The molecule has 0 radical (unpaired) electrons. The summed E-state index contributed by atoms with van der Waals surface area (Å²) >= 11 is 0. The summed E-state index contributed by atoms with van der Waals surface area (Å²) in [5.74, 6) is 1.40. The van der Waals surface area contributed by atoms with E-state index in [-0.39, 0.29) is 12.7 Å². The highest BCUT2D eigenvalue weighted by molar-refractivity contribution is 6.01. The van der Waals surface area contributed by atoms with Crippen molar-refractivity contribution in [2.45, 2.75) is 12.7 Å². The van der Waals surface area contributed by atoms with Crippen molar-refractivity contribution in [3.63, 3.8) is 0 Å². The molecule has 1 amide bonds. The van der Waals surface area contributed by atoms with Crippen LogP contribution in [0.2, 0.25) is 0 Å². The van der Waals surface area contributed by atoms with Gasteiger partial charge in [-0.05, 0) is 47.0 Å². The van der Waals surface area contributed by atoms with E-state index in [2.05, 4.69) is 4.90 Å². The Bertz CT molecular complexity index is 1190. The van der Waals surface area contributed by atoms with E-state index in [1.807, 2.05) is 18.2 Å². The molecule has 0 aliphatic carbocycles. The molecule has 3 aromatic rings. The molecule has 0 atom stereocenters. The van der Waals surface area contributed by atoms with Gasteiger partial charge in [-0.25, -0.2) is 0 Å². The minimum Gasteiger partial charge on any atom is -0.454 e. The van der Waals surface area contributed by atoms with E-state index < -0.39 is 11.7 Å². The number of nitrogens with zero attached hydrogens (tertiary/aromatic N) is 2. The maximum Gasteiger partial charge on any atom is 0.416 e. The second kappa shape index (κ2) is 9.02. The monoisotopic (exact) mass is 468 g/mol. The van der Waals surface area contributed by atoms with E-state index in [1.54, 1.807) is 29.2 Å². The summed E-state index contributed by atoms with van der Waals surface area (Å²) in [5.41, 5.74) is 2.12. The molecular formula is C26H23F3N2O3. The number of amides is 1. The molecule has 1 saturated heterocycles. The summed E-state index contributed by atoms with van der Waals surface area (Å²) in [6, 6.07) is 17.9. The van der Waals surface area contributed by atoms with Crippen LogP contribution in [0.5, 0.6) is 11.5 Å². The number of piperazine rings is 1. The van der Waals surface area contributed by atoms with E-state index >= 15 is 0 Å². The first-order valence-electron chi connectivity index (χ1n) is 11.1. The van der Waals surface area contributed by atoms with E-state index in [0.29, 0.717) is 29.8 Å². The molecule has 1 fully saturated rings. The molecule has 2 heterocycles. The van der Waals surface area contributed by atoms with Crippen LogP contribution in [0.4, 0.5) is 13.2 Å². The van der Waals surface area contributed by atoms with E-state index in [4.69, 9.17) is 9.47 Å². The molecule has 176 valence electrons. The fraction of sp³-hybridized carbons (Fsp3) is 0.269. The second-order valence-electron chi connectivity index (χ2n) is 8.38. The van der Waals surface area contributed by atoms with Gasteiger partial charge in [0.25, 0.3) is 5.91 Å². The molecular weight excluding hydrogens is 445 g/mol. The number of carbonyl (C=O) groups is 1. The Hall–Kier alpha value is -3.52. The van der Waals surface area contributed by atoms with Gasteiger partial charge in [0, 0.05) is 38.3 Å². The number of hydrogen-bond acceptors (Lipinski definition) is 4. The third kappa shape index (κ3) is 4.59. The Morgan fingerprint density at radius 3 is 2.29 bits per heavy atom. The number of alkyl halides is 3. The normalized spacial score (nSPS) is 16.0. The van der Waals surface area contributed by atoms with Crippen molar-refractivity contribution < 1.29 is 27.4 Å². The largest absolute Gasteiger partial charge is 0.454 e. The van der Waals surface area contributed by atoms with Crippen molar-refractivity contribution >= 4 is 5.91 Å². The molecule has 0 unspecified atom stereocenters. The lowest BCUT2D eigenvalue weighted by molar-refractivity contribution is -0.137. The zero-order valence-corrected chi connectivity index (χ0v) is 18.3. The van der Waals surface area contributed by atoms with E-state index in [0.717, 1.165) is 48.8 Å². The first-order valence-corrected chi connectivity index (χ1v) is 11.1. The van der Waals surface area contributed by atoms with Gasteiger partial charge in [0.15, 0.2) is 11.5 Å². The average Bonchev–Trinajstić information content (AvgIpc) is 3.32. The highest BCUT2D eigenvalue weighted by Gasteiger charge is 2.30. The predicted molar refractivity (Wildman–Crippen MR) is 121 cm³/mol. The van der Waals surface area contributed by atoms with Gasteiger partial charge in [-0.1, -0.05) is 36.4 Å². The van der Waals surface area contributed by atoms with Crippen LogP contribution in [0.25, 0.3) is 11.1 Å². The molecule has 0 N–H and O–H groups in total. The van der Waals surface area contributed by atoms with Gasteiger partial charge in [0.1, 0.15) is 0 Å². The quantitative estimate of drug-likeness (QED) is 0.537. The molecule has 5 nitrogen and oxygen atoms in total. The molecule has 2 aliphatic rings. The summed E-state index contributed by atoms with van der Waals surface area (Å²) in [5, 5.41) is 0. The van der Waals surface area contributed by atoms with Gasteiger partial charge in [-0.3, -0.25) is 9.69 Å². The van der Waals surface area contributed by atoms with Gasteiger partial charge in [0.05, 0.1) is 5.56 Å². The van der Waals surface area contributed by atoms with E-state index in [9.17, 15) is 18.0 Å². The Morgan fingerprint density at radius 1 is 0.853 bits per heavy atom. The lowest BCUT2D eigenvalue weighted by atomic mass is 9.97. The van der Waals surface area contributed by atoms with Gasteiger partial charge < -0.3 is 14.4 Å². The lowest BCUT2D eigenvalue weighted by Gasteiger charge is -2.35. The molecule has 34 heavy (non-hydrogen) atoms. The third-order valence-electron chi connectivity index (χ3n) is 6.18. The van der Waals surface area contributed by atoms with Crippen LogP contribution in [-0.4, -0.2) is 48.7 Å². The van der Waals surface area contributed by atoms with Crippen LogP contribution in [0.1, 0.15) is 21.5 Å². The number of carbonyl (C=O) groups excluding carboxylic acids is 1. The standard InChI is InChI=1S/C26H23F3N2O3/c27-26(28,29)20-8-6-19(7-9-20)21-3-1-2-4-22(21)25(32)31-13-11-30(12-14-31)16-18-5-10-23-24(15-18)34-17-33-23/h1-10,15H,11-14,16-17H2. The number of hydrogen-bond donors (Lipinski definition) is 0. The van der Waals surface area contributed by atoms with Crippen molar-refractivity contribution in [1.82, 2.24) is 9.80 Å². The van der Waals surface area contributed by atoms with Crippen LogP contribution < -0.4 is 9.47 Å². The predicted octanol–water partition coefficient (Wildman–Crippen LogP) is 5.06. The molecule has 2 aliphatic heterocycles. The molecule has 5 rings (SSSR count). The van der Waals surface area contributed by atoms with Crippen LogP contribution in [0.3, 0.4) is 0 Å². The van der Waals surface area contributed by atoms with Gasteiger partial charge in [-0.2, -0.15) is 13.2 Å². The van der Waals surface area contributed by atoms with Gasteiger partial charge >= 0.3 is 6.18 Å². The number of halogens is 3. The topological polar surface area (TPSA) is 42.0 Å². The summed E-state index contributed by atoms with van der Waals surface area (Å²) < 4.78 is 49.6. The zero-order valence-electron chi connectivity index (χ0n) is 18.3. The van der Waals surface area contributed by atoms with Crippen LogP contribution in [-0.2, 0) is 12.7 Å². The summed E-state index contributed by atoms with van der Waals surface area (Å²) in [6.07, 6.45) is -4.39.